The van der Waals surface area contributed by atoms with E-state index in [0.29, 0.717) is 47.1 Å². The summed E-state index contributed by atoms with van der Waals surface area (Å²) in [5.41, 5.74) is 2.94. The highest BCUT2D eigenvalue weighted by Crippen LogP contribution is 2.22. The first-order valence-electron chi connectivity index (χ1n) is 8.70. The van der Waals surface area contributed by atoms with E-state index in [4.69, 9.17) is 16.0 Å². The Morgan fingerprint density at radius 1 is 1.27 bits per heavy atom. The van der Waals surface area contributed by atoms with Gasteiger partial charge in [0.1, 0.15) is 5.52 Å². The molecule has 1 aliphatic rings. The number of β-amino-alcohol motifs (C(OH)–C–C–N with tert-alkyl or cyclic N) is 1. The van der Waals surface area contributed by atoms with Crippen LogP contribution in [0.4, 0.5) is 0 Å². The number of oxazole rings is 1. The van der Waals surface area contributed by atoms with E-state index in [1.807, 2.05) is 24.3 Å². The maximum absolute atomic E-state index is 12.7. The molecule has 0 saturated carbocycles. The maximum atomic E-state index is 12.7. The van der Waals surface area contributed by atoms with Gasteiger partial charge in [-0.3, -0.25) is 4.79 Å². The molecule has 1 amide bonds. The highest BCUT2D eigenvalue weighted by atomic mass is 35.5. The molecule has 0 radical (unpaired) electrons. The lowest BCUT2D eigenvalue weighted by atomic mass is 10.1. The normalized spacial score (nSPS) is 17.6. The van der Waals surface area contributed by atoms with Crippen molar-refractivity contribution in [3.05, 3.63) is 64.5 Å². The summed E-state index contributed by atoms with van der Waals surface area (Å²) in [6.07, 6.45) is 1.70. The molecule has 2 heterocycles. The molecule has 0 spiro atoms. The van der Waals surface area contributed by atoms with Gasteiger partial charge in [-0.05, 0) is 48.7 Å². The lowest BCUT2D eigenvalue weighted by molar-refractivity contribution is 0.0474. The predicted molar refractivity (Wildman–Crippen MR) is 99.4 cm³/mol. The summed E-state index contributed by atoms with van der Waals surface area (Å²) in [6, 6.07) is 12.8. The van der Waals surface area contributed by atoms with Crippen molar-refractivity contribution in [2.45, 2.75) is 25.4 Å². The number of halogens is 1. The standard InChI is InChI=1S/C20H19ClN2O3/c21-15-6-3-13(4-7-15)10-19-22-17-11-14(5-8-18(17)26-19)20(25)23-9-1-2-16(24)12-23/h3-8,11,16,24H,1-2,9-10,12H2/t16-/m1/s1. The third-order valence-corrected chi connectivity index (χ3v) is 4.88. The molecule has 1 aromatic heterocycles. The number of rotatable bonds is 3. The third-order valence-electron chi connectivity index (χ3n) is 4.63. The van der Waals surface area contributed by atoms with Crippen LogP contribution in [0.5, 0.6) is 0 Å². The highest BCUT2D eigenvalue weighted by molar-refractivity contribution is 6.30. The number of likely N-dealkylation sites (tertiary alicyclic amines) is 1. The number of aliphatic hydroxyl groups is 1. The van der Waals surface area contributed by atoms with Gasteiger partial charge < -0.3 is 14.4 Å². The average molecular weight is 371 g/mol. The van der Waals surface area contributed by atoms with Crippen LogP contribution >= 0.6 is 11.6 Å². The maximum Gasteiger partial charge on any atom is 0.254 e. The van der Waals surface area contributed by atoms with Crippen molar-refractivity contribution < 1.29 is 14.3 Å². The van der Waals surface area contributed by atoms with E-state index in [-0.39, 0.29) is 5.91 Å². The zero-order chi connectivity index (χ0) is 18.1. The van der Waals surface area contributed by atoms with Crippen molar-refractivity contribution in [1.82, 2.24) is 9.88 Å². The van der Waals surface area contributed by atoms with Crippen LogP contribution in [0.3, 0.4) is 0 Å². The highest BCUT2D eigenvalue weighted by Gasteiger charge is 2.23. The number of hydrogen-bond donors (Lipinski definition) is 1. The van der Waals surface area contributed by atoms with E-state index in [9.17, 15) is 9.90 Å². The summed E-state index contributed by atoms with van der Waals surface area (Å²) >= 11 is 5.91. The number of nitrogens with zero attached hydrogens (tertiary/aromatic N) is 2. The second-order valence-corrected chi connectivity index (χ2v) is 7.08. The molecule has 1 fully saturated rings. The lowest BCUT2D eigenvalue weighted by Gasteiger charge is -2.30. The summed E-state index contributed by atoms with van der Waals surface area (Å²) in [7, 11) is 0. The van der Waals surface area contributed by atoms with Crippen molar-refractivity contribution in [2.24, 2.45) is 0 Å². The fourth-order valence-corrected chi connectivity index (χ4v) is 3.41. The zero-order valence-electron chi connectivity index (χ0n) is 14.2. The molecule has 26 heavy (non-hydrogen) atoms. The SMILES string of the molecule is O=C(c1ccc2oc(Cc3ccc(Cl)cc3)nc2c1)N1CCC[C@@H](O)C1. The van der Waals surface area contributed by atoms with Crippen LogP contribution in [-0.4, -0.2) is 40.1 Å². The van der Waals surface area contributed by atoms with Crippen LogP contribution in [-0.2, 0) is 6.42 Å². The van der Waals surface area contributed by atoms with Gasteiger partial charge in [0.25, 0.3) is 5.91 Å². The minimum Gasteiger partial charge on any atom is -0.440 e. The monoisotopic (exact) mass is 370 g/mol. The Labute approximate surface area is 156 Å². The molecule has 6 heteroatoms. The van der Waals surface area contributed by atoms with E-state index >= 15 is 0 Å². The van der Waals surface area contributed by atoms with Gasteiger partial charge >= 0.3 is 0 Å². The number of piperidine rings is 1. The Morgan fingerprint density at radius 3 is 2.85 bits per heavy atom. The molecular weight excluding hydrogens is 352 g/mol. The second-order valence-electron chi connectivity index (χ2n) is 6.64. The summed E-state index contributed by atoms with van der Waals surface area (Å²) in [5, 5.41) is 10.5. The van der Waals surface area contributed by atoms with E-state index in [1.165, 1.54) is 0 Å². The Bertz CT molecular complexity index is 936. The Kier molecular flexibility index (Phi) is 4.66. The van der Waals surface area contributed by atoms with E-state index in [2.05, 4.69) is 4.98 Å². The molecule has 3 aromatic rings. The smallest absolute Gasteiger partial charge is 0.254 e. The molecule has 1 aliphatic heterocycles. The average Bonchev–Trinajstić information content (AvgIpc) is 3.04. The van der Waals surface area contributed by atoms with E-state index in [1.54, 1.807) is 23.1 Å². The van der Waals surface area contributed by atoms with Crippen molar-refractivity contribution in [3.8, 4) is 0 Å². The second kappa shape index (κ2) is 7.09. The van der Waals surface area contributed by atoms with Crippen molar-refractivity contribution >= 4 is 28.6 Å². The van der Waals surface area contributed by atoms with Crippen LogP contribution in [0.2, 0.25) is 5.02 Å². The van der Waals surface area contributed by atoms with Gasteiger partial charge in [0.05, 0.1) is 6.10 Å². The van der Waals surface area contributed by atoms with Crippen LogP contribution < -0.4 is 0 Å². The van der Waals surface area contributed by atoms with Crippen molar-refractivity contribution in [3.63, 3.8) is 0 Å². The van der Waals surface area contributed by atoms with Gasteiger partial charge in [0, 0.05) is 30.1 Å². The number of benzene rings is 2. The van der Waals surface area contributed by atoms with Crippen LogP contribution in [0.25, 0.3) is 11.1 Å². The van der Waals surface area contributed by atoms with Gasteiger partial charge in [-0.1, -0.05) is 23.7 Å². The molecule has 0 bridgehead atoms. The lowest BCUT2D eigenvalue weighted by Crippen LogP contribution is -2.42. The Morgan fingerprint density at radius 2 is 2.08 bits per heavy atom. The van der Waals surface area contributed by atoms with Crippen LogP contribution in [0, 0.1) is 0 Å². The zero-order valence-corrected chi connectivity index (χ0v) is 14.9. The first kappa shape index (κ1) is 17.1. The molecular formula is C20H19ClN2O3. The number of carbonyl (C=O) groups excluding carboxylic acids is 1. The molecule has 5 nitrogen and oxygen atoms in total. The van der Waals surface area contributed by atoms with Gasteiger partial charge in [-0.2, -0.15) is 0 Å². The molecule has 4 rings (SSSR count). The number of aliphatic hydroxyl groups excluding tert-OH is 1. The molecule has 1 atom stereocenters. The molecule has 0 unspecified atom stereocenters. The molecule has 2 aromatic carbocycles. The fraction of sp³-hybridized carbons (Fsp3) is 0.300. The summed E-state index contributed by atoms with van der Waals surface area (Å²) in [5.74, 6) is 0.521. The van der Waals surface area contributed by atoms with Gasteiger partial charge in [0.15, 0.2) is 11.5 Å². The number of fused-ring (bicyclic) bond motifs is 1. The predicted octanol–water partition coefficient (Wildman–Crippen LogP) is 3.67. The minimum atomic E-state index is -0.436. The number of amides is 1. The summed E-state index contributed by atoms with van der Waals surface area (Å²) in [6.45, 7) is 1.06. The topological polar surface area (TPSA) is 66.6 Å². The summed E-state index contributed by atoms with van der Waals surface area (Å²) in [4.78, 5) is 18.9. The quantitative estimate of drug-likeness (QED) is 0.763. The summed E-state index contributed by atoms with van der Waals surface area (Å²) < 4.78 is 5.79. The Hall–Kier alpha value is -2.37. The third kappa shape index (κ3) is 3.59. The first-order chi connectivity index (χ1) is 12.6. The molecule has 134 valence electrons. The van der Waals surface area contributed by atoms with E-state index in [0.717, 1.165) is 18.4 Å². The molecule has 1 N–H and O–H groups in total. The fourth-order valence-electron chi connectivity index (χ4n) is 3.28. The number of hydrogen-bond acceptors (Lipinski definition) is 4. The van der Waals surface area contributed by atoms with Gasteiger partial charge in [0.2, 0.25) is 0 Å². The minimum absolute atomic E-state index is 0.0760. The first-order valence-corrected chi connectivity index (χ1v) is 9.07. The molecule has 1 saturated heterocycles. The largest absolute Gasteiger partial charge is 0.440 e. The van der Waals surface area contributed by atoms with Gasteiger partial charge in [-0.25, -0.2) is 4.98 Å². The Balaban J connectivity index is 1.55. The van der Waals surface area contributed by atoms with E-state index < -0.39 is 6.10 Å². The number of aromatic nitrogens is 1. The van der Waals surface area contributed by atoms with Crippen molar-refractivity contribution in [1.29, 1.82) is 0 Å². The van der Waals surface area contributed by atoms with Crippen LogP contribution in [0.1, 0.15) is 34.7 Å². The number of carbonyl (C=O) groups is 1. The molecule has 0 aliphatic carbocycles. The van der Waals surface area contributed by atoms with Crippen LogP contribution in [0.15, 0.2) is 46.9 Å². The van der Waals surface area contributed by atoms with Gasteiger partial charge in [-0.15, -0.1) is 0 Å². The van der Waals surface area contributed by atoms with Crippen molar-refractivity contribution in [2.75, 3.05) is 13.1 Å².